The van der Waals surface area contributed by atoms with Crippen LogP contribution in [-0.4, -0.2) is 18.9 Å². The van der Waals surface area contributed by atoms with E-state index in [2.05, 4.69) is 17.6 Å². The van der Waals surface area contributed by atoms with E-state index >= 15 is 0 Å². The molecule has 0 radical (unpaired) electrons. The first-order valence-corrected chi connectivity index (χ1v) is 8.41. The maximum Gasteiger partial charge on any atom is 0.255 e. The second-order valence-corrected chi connectivity index (χ2v) is 6.60. The van der Waals surface area contributed by atoms with Crippen molar-refractivity contribution in [2.45, 2.75) is 13.3 Å². The standard InChI is InChI=1S/C19H19ClN2O3/c1-11-9-15(11)19(24)21-13-5-3-12(4-6-13)18(23)22-14-7-8-17(25-2)16(20)10-14/h3-8,10-11,15H,9H2,1-2H3,(H,21,24)(H,22,23). The zero-order valence-corrected chi connectivity index (χ0v) is 14.8. The van der Waals surface area contributed by atoms with Gasteiger partial charge in [0, 0.05) is 22.9 Å². The van der Waals surface area contributed by atoms with Crippen LogP contribution in [-0.2, 0) is 4.79 Å². The van der Waals surface area contributed by atoms with Crippen LogP contribution in [0.4, 0.5) is 11.4 Å². The van der Waals surface area contributed by atoms with Gasteiger partial charge < -0.3 is 15.4 Å². The largest absolute Gasteiger partial charge is 0.495 e. The fourth-order valence-electron chi connectivity index (χ4n) is 2.57. The third-order valence-electron chi connectivity index (χ3n) is 4.27. The summed E-state index contributed by atoms with van der Waals surface area (Å²) in [4.78, 5) is 24.2. The Morgan fingerprint density at radius 2 is 1.72 bits per heavy atom. The maximum atomic E-state index is 12.3. The number of hydrogen-bond donors (Lipinski definition) is 2. The summed E-state index contributed by atoms with van der Waals surface area (Å²) in [5.74, 6) is 0.904. The molecule has 0 bridgehead atoms. The number of hydrogen-bond acceptors (Lipinski definition) is 3. The molecule has 0 saturated heterocycles. The number of carbonyl (C=O) groups excluding carboxylic acids is 2. The fraction of sp³-hybridized carbons (Fsp3) is 0.263. The number of halogens is 1. The number of nitrogens with one attached hydrogen (secondary N) is 2. The van der Waals surface area contributed by atoms with Gasteiger partial charge in [0.2, 0.25) is 5.91 Å². The van der Waals surface area contributed by atoms with E-state index in [9.17, 15) is 9.59 Å². The summed E-state index contributed by atoms with van der Waals surface area (Å²) >= 11 is 6.05. The van der Waals surface area contributed by atoms with Gasteiger partial charge in [-0.15, -0.1) is 0 Å². The molecule has 2 unspecified atom stereocenters. The summed E-state index contributed by atoms with van der Waals surface area (Å²) in [6.45, 7) is 2.06. The normalized spacial score (nSPS) is 18.4. The van der Waals surface area contributed by atoms with Crippen LogP contribution in [0.15, 0.2) is 42.5 Å². The highest BCUT2D eigenvalue weighted by Gasteiger charge is 2.39. The molecule has 0 aromatic heterocycles. The van der Waals surface area contributed by atoms with E-state index in [0.717, 1.165) is 6.42 Å². The Morgan fingerprint density at radius 1 is 1.08 bits per heavy atom. The molecule has 0 spiro atoms. The smallest absolute Gasteiger partial charge is 0.255 e. The second kappa shape index (κ2) is 7.15. The van der Waals surface area contributed by atoms with Gasteiger partial charge in [0.15, 0.2) is 0 Å². The third kappa shape index (κ3) is 4.12. The summed E-state index contributed by atoms with van der Waals surface area (Å²) in [6, 6.07) is 11.8. The molecule has 1 aliphatic carbocycles. The molecule has 2 amide bonds. The molecule has 1 aliphatic rings. The predicted octanol–water partition coefficient (Wildman–Crippen LogP) is 4.20. The fourth-order valence-corrected chi connectivity index (χ4v) is 2.83. The van der Waals surface area contributed by atoms with Crippen molar-refractivity contribution in [1.29, 1.82) is 0 Å². The van der Waals surface area contributed by atoms with E-state index < -0.39 is 0 Å². The number of methoxy groups -OCH3 is 1. The summed E-state index contributed by atoms with van der Waals surface area (Å²) < 4.78 is 5.08. The lowest BCUT2D eigenvalue weighted by molar-refractivity contribution is -0.117. The van der Waals surface area contributed by atoms with Crippen molar-refractivity contribution >= 4 is 34.8 Å². The first-order valence-electron chi connectivity index (χ1n) is 8.03. The minimum Gasteiger partial charge on any atom is -0.495 e. The Kier molecular flexibility index (Phi) is 4.95. The molecular formula is C19H19ClN2O3. The van der Waals surface area contributed by atoms with Crippen LogP contribution in [0.5, 0.6) is 5.75 Å². The molecule has 0 aliphatic heterocycles. The topological polar surface area (TPSA) is 67.4 Å². The SMILES string of the molecule is COc1ccc(NC(=O)c2ccc(NC(=O)C3CC3C)cc2)cc1Cl. The van der Waals surface area contributed by atoms with Crippen molar-refractivity contribution < 1.29 is 14.3 Å². The van der Waals surface area contributed by atoms with E-state index in [4.69, 9.17) is 16.3 Å². The van der Waals surface area contributed by atoms with Gasteiger partial charge in [0.1, 0.15) is 5.75 Å². The zero-order chi connectivity index (χ0) is 18.0. The molecule has 0 heterocycles. The van der Waals surface area contributed by atoms with Crippen LogP contribution >= 0.6 is 11.6 Å². The lowest BCUT2D eigenvalue weighted by Crippen LogP contribution is -2.15. The minimum atomic E-state index is -0.255. The quantitative estimate of drug-likeness (QED) is 0.841. The van der Waals surface area contributed by atoms with Gasteiger partial charge in [-0.2, -0.15) is 0 Å². The van der Waals surface area contributed by atoms with Crippen molar-refractivity contribution in [3.8, 4) is 5.75 Å². The summed E-state index contributed by atoms with van der Waals surface area (Å²) in [5, 5.41) is 6.07. The lowest BCUT2D eigenvalue weighted by Gasteiger charge is -2.09. The van der Waals surface area contributed by atoms with E-state index in [1.54, 1.807) is 42.5 Å². The molecule has 130 valence electrons. The van der Waals surface area contributed by atoms with Gasteiger partial charge in [-0.25, -0.2) is 0 Å². The van der Waals surface area contributed by atoms with Crippen LogP contribution in [0.2, 0.25) is 5.02 Å². The van der Waals surface area contributed by atoms with E-state index in [0.29, 0.717) is 33.6 Å². The Hall–Kier alpha value is -2.53. The highest BCUT2D eigenvalue weighted by atomic mass is 35.5. The first-order chi connectivity index (χ1) is 12.0. The molecule has 2 aromatic carbocycles. The summed E-state index contributed by atoms with van der Waals surface area (Å²) in [6.07, 6.45) is 0.941. The summed E-state index contributed by atoms with van der Waals surface area (Å²) in [7, 11) is 1.53. The van der Waals surface area contributed by atoms with Crippen LogP contribution in [0.3, 0.4) is 0 Å². The number of benzene rings is 2. The Morgan fingerprint density at radius 3 is 2.28 bits per heavy atom. The Bertz CT molecular complexity index is 805. The average Bonchev–Trinajstić information content (AvgIpc) is 3.32. The maximum absolute atomic E-state index is 12.3. The van der Waals surface area contributed by atoms with Crippen molar-refractivity contribution in [2.75, 3.05) is 17.7 Å². The minimum absolute atomic E-state index is 0.0394. The van der Waals surface area contributed by atoms with Crippen molar-refractivity contribution in [3.63, 3.8) is 0 Å². The lowest BCUT2D eigenvalue weighted by atomic mass is 10.2. The van der Waals surface area contributed by atoms with Gasteiger partial charge in [-0.05, 0) is 54.8 Å². The highest BCUT2D eigenvalue weighted by molar-refractivity contribution is 6.32. The van der Waals surface area contributed by atoms with Gasteiger partial charge in [0.05, 0.1) is 12.1 Å². The summed E-state index contributed by atoms with van der Waals surface area (Å²) in [5.41, 5.74) is 1.76. The van der Waals surface area contributed by atoms with Crippen LogP contribution in [0, 0.1) is 11.8 Å². The number of ether oxygens (including phenoxy) is 1. The molecule has 3 rings (SSSR count). The number of carbonyl (C=O) groups is 2. The first kappa shape index (κ1) is 17.3. The Balaban J connectivity index is 1.62. The molecule has 5 nitrogen and oxygen atoms in total. The molecule has 1 saturated carbocycles. The monoisotopic (exact) mass is 358 g/mol. The molecule has 25 heavy (non-hydrogen) atoms. The van der Waals surface area contributed by atoms with E-state index in [1.807, 2.05) is 0 Å². The zero-order valence-electron chi connectivity index (χ0n) is 14.0. The molecule has 2 atom stereocenters. The second-order valence-electron chi connectivity index (χ2n) is 6.19. The molecule has 1 fully saturated rings. The van der Waals surface area contributed by atoms with Crippen LogP contribution in [0.25, 0.3) is 0 Å². The number of anilines is 2. The van der Waals surface area contributed by atoms with Crippen molar-refractivity contribution in [3.05, 3.63) is 53.1 Å². The van der Waals surface area contributed by atoms with E-state index in [1.165, 1.54) is 7.11 Å². The number of rotatable bonds is 5. The van der Waals surface area contributed by atoms with Gasteiger partial charge in [-0.3, -0.25) is 9.59 Å². The van der Waals surface area contributed by atoms with E-state index in [-0.39, 0.29) is 17.7 Å². The highest BCUT2D eigenvalue weighted by Crippen LogP contribution is 2.38. The van der Waals surface area contributed by atoms with Crippen LogP contribution < -0.4 is 15.4 Å². The van der Waals surface area contributed by atoms with Gasteiger partial charge >= 0.3 is 0 Å². The molecule has 2 N–H and O–H groups in total. The molecular weight excluding hydrogens is 340 g/mol. The number of amides is 2. The molecule has 6 heteroatoms. The average molecular weight is 359 g/mol. The van der Waals surface area contributed by atoms with Gasteiger partial charge in [-0.1, -0.05) is 18.5 Å². The Labute approximate surface area is 151 Å². The van der Waals surface area contributed by atoms with Crippen molar-refractivity contribution in [1.82, 2.24) is 0 Å². The third-order valence-corrected chi connectivity index (χ3v) is 4.57. The van der Waals surface area contributed by atoms with Crippen molar-refractivity contribution in [2.24, 2.45) is 11.8 Å². The molecule has 2 aromatic rings. The predicted molar refractivity (Wildman–Crippen MR) is 98.3 cm³/mol. The van der Waals surface area contributed by atoms with Crippen LogP contribution in [0.1, 0.15) is 23.7 Å². The van der Waals surface area contributed by atoms with Gasteiger partial charge in [0.25, 0.3) is 5.91 Å².